The zero-order valence-corrected chi connectivity index (χ0v) is 15.0. The smallest absolute Gasteiger partial charge is 0.246 e. The highest BCUT2D eigenvalue weighted by Crippen LogP contribution is 2.32. The molecule has 25 heavy (non-hydrogen) atoms. The summed E-state index contributed by atoms with van der Waals surface area (Å²) in [6.07, 6.45) is 2.30. The third kappa shape index (κ3) is 3.93. The number of ether oxygens (including phenoxy) is 3. The van der Waals surface area contributed by atoms with Crippen molar-refractivity contribution in [3.05, 3.63) is 24.1 Å². The molecular weight excluding hydrogens is 322 g/mol. The van der Waals surface area contributed by atoms with Crippen LogP contribution in [0.2, 0.25) is 0 Å². The van der Waals surface area contributed by atoms with Gasteiger partial charge in [0.05, 0.1) is 27.4 Å². The second-order valence-electron chi connectivity index (χ2n) is 6.01. The molecule has 0 unspecified atom stereocenters. The Balaban J connectivity index is 1.81. The molecule has 3 rings (SSSR count). The summed E-state index contributed by atoms with van der Waals surface area (Å²) >= 11 is 0. The van der Waals surface area contributed by atoms with Crippen LogP contribution in [0.5, 0.6) is 11.5 Å². The number of benzene rings is 1. The Morgan fingerprint density at radius 2 is 2.08 bits per heavy atom. The van der Waals surface area contributed by atoms with Gasteiger partial charge in [0, 0.05) is 12.1 Å². The second-order valence-corrected chi connectivity index (χ2v) is 6.01. The zero-order chi connectivity index (χ0) is 17.6. The van der Waals surface area contributed by atoms with E-state index in [1.54, 1.807) is 14.2 Å². The number of morpholine rings is 1. The van der Waals surface area contributed by atoms with Crippen LogP contribution in [0.15, 0.2) is 22.7 Å². The Morgan fingerprint density at radius 1 is 1.24 bits per heavy atom. The van der Waals surface area contributed by atoms with Crippen LogP contribution in [-0.4, -0.2) is 55.6 Å². The van der Waals surface area contributed by atoms with Crippen LogP contribution in [0.4, 0.5) is 0 Å². The van der Waals surface area contributed by atoms with Gasteiger partial charge in [-0.1, -0.05) is 18.5 Å². The summed E-state index contributed by atoms with van der Waals surface area (Å²) < 4.78 is 21.8. The van der Waals surface area contributed by atoms with E-state index in [-0.39, 0.29) is 6.04 Å². The Hall–Kier alpha value is -2.12. The summed E-state index contributed by atoms with van der Waals surface area (Å²) in [5, 5.41) is 4.14. The largest absolute Gasteiger partial charge is 0.493 e. The van der Waals surface area contributed by atoms with Gasteiger partial charge in [0.1, 0.15) is 6.04 Å². The highest BCUT2D eigenvalue weighted by Gasteiger charge is 2.29. The third-order valence-electron chi connectivity index (χ3n) is 4.41. The van der Waals surface area contributed by atoms with E-state index in [1.165, 1.54) is 0 Å². The maximum Gasteiger partial charge on any atom is 0.246 e. The molecule has 0 amide bonds. The molecule has 1 saturated heterocycles. The molecule has 136 valence electrons. The summed E-state index contributed by atoms with van der Waals surface area (Å²) in [6.45, 7) is 5.42. The summed E-state index contributed by atoms with van der Waals surface area (Å²) in [4.78, 5) is 6.96. The first-order chi connectivity index (χ1) is 12.3. The second kappa shape index (κ2) is 8.31. The first-order valence-electron chi connectivity index (χ1n) is 8.64. The van der Waals surface area contributed by atoms with Gasteiger partial charge in [-0.15, -0.1) is 0 Å². The molecule has 1 aromatic heterocycles. The summed E-state index contributed by atoms with van der Waals surface area (Å²) in [5.74, 6) is 2.44. The molecule has 2 heterocycles. The van der Waals surface area contributed by atoms with Crippen molar-refractivity contribution in [1.82, 2.24) is 15.0 Å². The molecule has 1 fully saturated rings. The lowest BCUT2D eigenvalue weighted by Gasteiger charge is -2.33. The standard InChI is InChI=1S/C18H25N3O4/c1-4-5-8-21-9-10-24-12-14(21)18-19-17(20-25-18)13-6-7-15(22-2)16(11-13)23-3/h6-7,11,14H,4-5,8-10,12H2,1-3H3/t14-/m0/s1. The number of nitrogens with zero attached hydrogens (tertiary/aromatic N) is 3. The average molecular weight is 347 g/mol. The molecule has 1 aromatic carbocycles. The Labute approximate surface area is 147 Å². The maximum atomic E-state index is 5.62. The van der Waals surface area contributed by atoms with Crippen LogP contribution < -0.4 is 9.47 Å². The van der Waals surface area contributed by atoms with E-state index in [0.29, 0.717) is 29.8 Å². The van der Waals surface area contributed by atoms with Gasteiger partial charge in [0.2, 0.25) is 11.7 Å². The van der Waals surface area contributed by atoms with E-state index in [1.807, 2.05) is 18.2 Å². The van der Waals surface area contributed by atoms with Crippen LogP contribution in [0.1, 0.15) is 31.7 Å². The minimum atomic E-state index is 0.0155. The van der Waals surface area contributed by atoms with E-state index >= 15 is 0 Å². The summed E-state index contributed by atoms with van der Waals surface area (Å²) in [7, 11) is 3.21. The monoisotopic (exact) mass is 347 g/mol. The van der Waals surface area contributed by atoms with E-state index in [0.717, 1.165) is 38.1 Å². The third-order valence-corrected chi connectivity index (χ3v) is 4.41. The molecule has 0 radical (unpaired) electrons. The number of hydrogen-bond acceptors (Lipinski definition) is 7. The quantitative estimate of drug-likeness (QED) is 0.762. The van der Waals surface area contributed by atoms with Crippen LogP contribution in [0, 0.1) is 0 Å². The molecule has 0 aliphatic carbocycles. The van der Waals surface area contributed by atoms with Crippen LogP contribution >= 0.6 is 0 Å². The summed E-state index contributed by atoms with van der Waals surface area (Å²) in [5.41, 5.74) is 0.824. The Kier molecular flexibility index (Phi) is 5.88. The van der Waals surface area contributed by atoms with Crippen molar-refractivity contribution < 1.29 is 18.7 Å². The van der Waals surface area contributed by atoms with Gasteiger partial charge in [0.25, 0.3) is 0 Å². The van der Waals surface area contributed by atoms with Crippen molar-refractivity contribution in [2.45, 2.75) is 25.8 Å². The van der Waals surface area contributed by atoms with E-state index in [4.69, 9.17) is 18.7 Å². The lowest BCUT2D eigenvalue weighted by atomic mass is 10.2. The highest BCUT2D eigenvalue weighted by molar-refractivity contribution is 5.60. The molecule has 0 spiro atoms. The zero-order valence-electron chi connectivity index (χ0n) is 15.0. The normalized spacial score (nSPS) is 18.3. The number of rotatable bonds is 7. The minimum absolute atomic E-state index is 0.0155. The van der Waals surface area contributed by atoms with Crippen molar-refractivity contribution in [3.63, 3.8) is 0 Å². The maximum absolute atomic E-state index is 5.62. The fourth-order valence-corrected chi connectivity index (χ4v) is 2.96. The summed E-state index contributed by atoms with van der Waals surface area (Å²) in [6, 6.07) is 5.59. The van der Waals surface area contributed by atoms with Crippen LogP contribution in [0.25, 0.3) is 11.4 Å². The Bertz CT molecular complexity index is 689. The number of hydrogen-bond donors (Lipinski definition) is 0. The first kappa shape index (κ1) is 17.7. The molecule has 2 aromatic rings. The van der Waals surface area contributed by atoms with Gasteiger partial charge in [0.15, 0.2) is 11.5 Å². The number of aromatic nitrogens is 2. The molecule has 1 aliphatic rings. The predicted molar refractivity (Wildman–Crippen MR) is 92.9 cm³/mol. The highest BCUT2D eigenvalue weighted by atomic mass is 16.5. The number of unbranched alkanes of at least 4 members (excludes halogenated alkanes) is 1. The fraction of sp³-hybridized carbons (Fsp3) is 0.556. The van der Waals surface area contributed by atoms with Crippen molar-refractivity contribution in [3.8, 4) is 22.9 Å². The van der Waals surface area contributed by atoms with E-state index < -0.39 is 0 Å². The van der Waals surface area contributed by atoms with Gasteiger partial charge < -0.3 is 18.7 Å². The molecule has 0 saturated carbocycles. The molecule has 1 aliphatic heterocycles. The SMILES string of the molecule is CCCCN1CCOC[C@H]1c1nc(-c2ccc(OC)c(OC)c2)no1. The predicted octanol–water partition coefficient (Wildman–Crippen LogP) is 2.93. The van der Waals surface area contributed by atoms with E-state index in [2.05, 4.69) is 22.0 Å². The van der Waals surface area contributed by atoms with Crippen molar-refractivity contribution in [2.75, 3.05) is 40.5 Å². The van der Waals surface area contributed by atoms with Crippen LogP contribution in [0.3, 0.4) is 0 Å². The lowest BCUT2D eigenvalue weighted by Crippen LogP contribution is -2.40. The molecule has 0 bridgehead atoms. The Morgan fingerprint density at radius 3 is 2.84 bits per heavy atom. The molecular formula is C18H25N3O4. The number of methoxy groups -OCH3 is 2. The fourth-order valence-electron chi connectivity index (χ4n) is 2.96. The minimum Gasteiger partial charge on any atom is -0.493 e. The lowest BCUT2D eigenvalue weighted by molar-refractivity contribution is -0.0203. The molecule has 0 N–H and O–H groups in total. The van der Waals surface area contributed by atoms with Gasteiger partial charge >= 0.3 is 0 Å². The van der Waals surface area contributed by atoms with Gasteiger partial charge in [-0.25, -0.2) is 0 Å². The van der Waals surface area contributed by atoms with Crippen molar-refractivity contribution in [2.24, 2.45) is 0 Å². The van der Waals surface area contributed by atoms with Crippen molar-refractivity contribution in [1.29, 1.82) is 0 Å². The average Bonchev–Trinajstić information content (AvgIpc) is 3.16. The van der Waals surface area contributed by atoms with Crippen molar-refractivity contribution >= 4 is 0 Å². The van der Waals surface area contributed by atoms with Gasteiger partial charge in [-0.2, -0.15) is 4.98 Å². The molecule has 7 nitrogen and oxygen atoms in total. The van der Waals surface area contributed by atoms with Gasteiger partial charge in [-0.3, -0.25) is 4.90 Å². The first-order valence-corrected chi connectivity index (χ1v) is 8.64. The van der Waals surface area contributed by atoms with Gasteiger partial charge in [-0.05, 0) is 31.2 Å². The molecule has 7 heteroatoms. The van der Waals surface area contributed by atoms with E-state index in [9.17, 15) is 0 Å². The topological polar surface area (TPSA) is 69.9 Å². The van der Waals surface area contributed by atoms with Crippen LogP contribution in [-0.2, 0) is 4.74 Å². The molecule has 1 atom stereocenters.